The molecule has 0 spiro atoms. The third-order valence-corrected chi connectivity index (χ3v) is 14.6. The summed E-state index contributed by atoms with van der Waals surface area (Å²) >= 11 is 3.96. The molecule has 2 heterocycles. The molecule has 45 heavy (non-hydrogen) atoms. The van der Waals surface area contributed by atoms with Crippen LogP contribution in [-0.2, 0) is 16.1 Å². The molecule has 2 aliphatic heterocycles. The van der Waals surface area contributed by atoms with E-state index in [0.717, 1.165) is 39.6 Å². The van der Waals surface area contributed by atoms with Gasteiger partial charge in [0.25, 0.3) is 0 Å². The van der Waals surface area contributed by atoms with Crippen molar-refractivity contribution in [2.75, 3.05) is 11.4 Å². The Bertz CT molecular complexity index is 1680. The molecule has 8 heteroatoms. The summed E-state index contributed by atoms with van der Waals surface area (Å²) in [6.07, 6.45) is 2.14. The van der Waals surface area contributed by atoms with Crippen LogP contribution < -0.4 is 9.25 Å². The Morgan fingerprint density at radius 2 is 1.58 bits per heavy atom. The summed E-state index contributed by atoms with van der Waals surface area (Å²) in [7, 11) is 0. The molecule has 0 aromatic heterocycles. The average Bonchev–Trinajstić information content (AvgIpc) is 3.55. The van der Waals surface area contributed by atoms with Crippen molar-refractivity contribution < 1.29 is 19.1 Å². The maximum atomic E-state index is 14.1. The molecule has 0 N–H and O–H groups in total. The molecule has 2 aliphatic rings. The van der Waals surface area contributed by atoms with E-state index in [9.17, 15) is 14.4 Å². The molecule has 4 atom stereocenters. The molecule has 2 amide bonds. The van der Waals surface area contributed by atoms with E-state index in [1.54, 1.807) is 11.8 Å². The fourth-order valence-electron chi connectivity index (χ4n) is 6.64. The number of fused-ring (bicyclic) bond motifs is 1. The number of carbonyl (C=O) groups is 3. The second-order valence-electron chi connectivity index (χ2n) is 11.7. The van der Waals surface area contributed by atoms with Crippen molar-refractivity contribution in [2.45, 2.75) is 56.5 Å². The van der Waals surface area contributed by atoms with Gasteiger partial charge in [-0.1, -0.05) is 30.3 Å². The summed E-state index contributed by atoms with van der Waals surface area (Å²) in [5.74, 6) is -0.0705. The number of benzene rings is 4. The van der Waals surface area contributed by atoms with Crippen molar-refractivity contribution in [1.82, 2.24) is 4.90 Å². The van der Waals surface area contributed by atoms with Crippen molar-refractivity contribution in [3.8, 4) is 0 Å². The van der Waals surface area contributed by atoms with E-state index >= 15 is 0 Å². The van der Waals surface area contributed by atoms with Crippen LogP contribution in [0, 0.1) is 0 Å². The van der Waals surface area contributed by atoms with Crippen LogP contribution in [0.3, 0.4) is 0 Å². The zero-order valence-corrected chi connectivity index (χ0v) is 28.1. The quantitative estimate of drug-likeness (QED) is 0.191. The van der Waals surface area contributed by atoms with Gasteiger partial charge in [-0.2, -0.15) is 0 Å². The van der Waals surface area contributed by atoms with Gasteiger partial charge >= 0.3 is 223 Å². The predicted molar refractivity (Wildman–Crippen MR) is 179 cm³/mol. The van der Waals surface area contributed by atoms with Gasteiger partial charge in [0, 0.05) is 0 Å². The van der Waals surface area contributed by atoms with Crippen molar-refractivity contribution in [3.63, 3.8) is 0 Å². The van der Waals surface area contributed by atoms with Crippen LogP contribution in [0.5, 0.6) is 0 Å². The Morgan fingerprint density at radius 3 is 2.29 bits per heavy atom. The summed E-state index contributed by atoms with van der Waals surface area (Å²) in [5, 5.41) is 0.653. The van der Waals surface area contributed by atoms with Crippen molar-refractivity contribution in [1.29, 1.82) is 0 Å². The van der Waals surface area contributed by atoms with Gasteiger partial charge in [0.1, 0.15) is 6.61 Å². The molecule has 1 saturated heterocycles. The van der Waals surface area contributed by atoms with Crippen molar-refractivity contribution in [2.24, 2.45) is 0 Å². The van der Waals surface area contributed by atoms with Crippen LogP contribution in [0.1, 0.15) is 70.9 Å². The zero-order valence-electron chi connectivity index (χ0n) is 25.4. The van der Waals surface area contributed by atoms with Gasteiger partial charge in [0.15, 0.2) is 0 Å². The first-order valence-electron chi connectivity index (χ1n) is 15.4. The van der Waals surface area contributed by atoms with E-state index in [1.165, 1.54) is 0 Å². The summed E-state index contributed by atoms with van der Waals surface area (Å²) in [6, 6.07) is 32.9. The molecule has 4 aromatic rings. The average molecular weight is 683 g/mol. The second kappa shape index (κ2) is 13.6. The Hall–Kier alpha value is -3.86. The number of nitrogens with zero attached hydrogens (tertiary/aromatic N) is 2. The number of rotatable bonds is 7. The third kappa shape index (κ3) is 6.59. The summed E-state index contributed by atoms with van der Waals surface area (Å²) in [6.45, 7) is 4.65. The Kier molecular flexibility index (Phi) is 9.44. The van der Waals surface area contributed by atoms with Gasteiger partial charge in [-0.3, -0.25) is 0 Å². The molecule has 0 saturated carbocycles. The van der Waals surface area contributed by atoms with Crippen LogP contribution in [0.15, 0.2) is 103 Å². The van der Waals surface area contributed by atoms with E-state index in [1.807, 2.05) is 102 Å². The van der Waals surface area contributed by atoms with Crippen LogP contribution >= 0.6 is 11.6 Å². The maximum absolute atomic E-state index is 14.1. The van der Waals surface area contributed by atoms with E-state index in [4.69, 9.17) is 16.3 Å². The van der Waals surface area contributed by atoms with Crippen LogP contribution in [0.4, 0.5) is 10.5 Å². The predicted octanol–water partition coefficient (Wildman–Crippen LogP) is 7.41. The number of halogens is 1. The first-order valence-corrected chi connectivity index (χ1v) is 18.7. The molecule has 1 fully saturated rings. The second-order valence-corrected chi connectivity index (χ2v) is 17.4. The molecular weight excluding hydrogens is 647 g/mol. The van der Waals surface area contributed by atoms with Crippen LogP contribution in [-0.4, -0.2) is 48.7 Å². The standard InChI is InChI=1S/C37H36AsClN2O4/c1-25-23-33(38(26(2)42)30-18-20-31(39)21-19-30)32-11-6-7-12-35(32)41(25)36(43)29-16-14-28(15-17-29)34-13-8-22-40(34)37(44)45-24-27-9-4-3-5-10-27/h3-7,9-12,14-21,25,33-34H,8,13,22-24H2,1-2H3. The molecule has 4 aromatic carbocycles. The number of ether oxygens (including phenoxy) is 1. The molecule has 6 nitrogen and oxygen atoms in total. The first kappa shape index (κ1) is 31.1. The third-order valence-electron chi connectivity index (χ3n) is 8.77. The normalized spacial score (nSPS) is 19.9. The van der Waals surface area contributed by atoms with Crippen molar-refractivity contribution in [3.05, 3.63) is 130 Å². The topological polar surface area (TPSA) is 66.9 Å². The molecule has 0 bridgehead atoms. The van der Waals surface area contributed by atoms with E-state index in [2.05, 4.69) is 13.0 Å². The number of anilines is 1. The fourth-order valence-corrected chi connectivity index (χ4v) is 12.3. The number of likely N-dealkylation sites (tertiary alicyclic amines) is 1. The molecule has 6 rings (SSSR count). The Labute approximate surface area is 274 Å². The number of para-hydroxylation sites is 1. The fraction of sp³-hybridized carbons (Fsp3) is 0.270. The Balaban J connectivity index is 1.21. The van der Waals surface area contributed by atoms with E-state index < -0.39 is 14.7 Å². The number of carbonyl (C=O) groups excluding carboxylic acids is 3. The van der Waals surface area contributed by atoms with Crippen molar-refractivity contribution >= 4 is 52.9 Å². The first-order chi connectivity index (χ1) is 21.8. The summed E-state index contributed by atoms with van der Waals surface area (Å²) < 4.78 is 7.01. The zero-order chi connectivity index (χ0) is 31.5. The van der Waals surface area contributed by atoms with Gasteiger partial charge in [-0.05, 0) is 5.56 Å². The number of hydrogen-bond acceptors (Lipinski definition) is 4. The van der Waals surface area contributed by atoms with Crippen LogP contribution in [0.25, 0.3) is 0 Å². The summed E-state index contributed by atoms with van der Waals surface area (Å²) in [5.41, 5.74) is 4.46. The number of hydrogen-bond donors (Lipinski definition) is 0. The number of amides is 2. The molecular formula is C37H36AsClN2O4. The summed E-state index contributed by atoms with van der Waals surface area (Å²) in [4.78, 5) is 43.9. The van der Waals surface area contributed by atoms with Gasteiger partial charge in [0.2, 0.25) is 0 Å². The van der Waals surface area contributed by atoms with Crippen LogP contribution in [0.2, 0.25) is 5.02 Å². The molecule has 4 unspecified atom stereocenters. The minimum absolute atomic E-state index is 0.0705. The minimum atomic E-state index is -2.20. The monoisotopic (exact) mass is 682 g/mol. The molecule has 0 radical (unpaired) electrons. The van der Waals surface area contributed by atoms with E-state index in [-0.39, 0.29) is 40.0 Å². The van der Waals surface area contributed by atoms with E-state index in [0.29, 0.717) is 23.6 Å². The van der Waals surface area contributed by atoms with Gasteiger partial charge < -0.3 is 4.74 Å². The van der Waals surface area contributed by atoms with Gasteiger partial charge in [-0.15, -0.1) is 0 Å². The molecule has 230 valence electrons. The SMILES string of the molecule is CC(=O)[As](c1ccc(Cl)cc1)C1CC(C)N(C(=O)c2ccc(C3CCCN3C(=O)OCc3ccccc3)cc2)c2ccccc21. The van der Waals surface area contributed by atoms with Gasteiger partial charge in [-0.25, -0.2) is 4.79 Å². The Morgan fingerprint density at radius 1 is 0.889 bits per heavy atom. The van der Waals surface area contributed by atoms with Gasteiger partial charge in [0.05, 0.1) is 0 Å². The molecule has 0 aliphatic carbocycles.